The molecule has 1 aliphatic rings. The lowest BCUT2D eigenvalue weighted by Gasteiger charge is -2.27. The van der Waals surface area contributed by atoms with E-state index in [9.17, 15) is 4.79 Å². The minimum Gasteiger partial charge on any atom is -0.497 e. The summed E-state index contributed by atoms with van der Waals surface area (Å²) in [7, 11) is 3.22. The smallest absolute Gasteiger partial charge is 0.166 e. The molecule has 1 saturated carbocycles. The molecule has 1 fully saturated rings. The molecule has 2 unspecified atom stereocenters. The van der Waals surface area contributed by atoms with Crippen molar-refractivity contribution < 1.29 is 14.3 Å². The summed E-state index contributed by atoms with van der Waals surface area (Å²) in [5, 5.41) is 0. The van der Waals surface area contributed by atoms with Gasteiger partial charge in [-0.1, -0.05) is 26.2 Å². The number of carbonyl (C=O) groups excluding carboxylic acids is 1. The molecule has 0 amide bonds. The number of methoxy groups -OCH3 is 2. The normalized spacial score (nSPS) is 22.4. The van der Waals surface area contributed by atoms with Gasteiger partial charge in [-0.25, -0.2) is 0 Å². The van der Waals surface area contributed by atoms with Gasteiger partial charge in [-0.05, 0) is 30.9 Å². The van der Waals surface area contributed by atoms with Crippen LogP contribution in [0.3, 0.4) is 0 Å². The van der Waals surface area contributed by atoms with E-state index in [1.807, 2.05) is 12.1 Å². The van der Waals surface area contributed by atoms with E-state index in [-0.39, 0.29) is 11.7 Å². The Bertz CT molecular complexity index is 445. The van der Waals surface area contributed by atoms with Gasteiger partial charge in [-0.2, -0.15) is 0 Å². The van der Waals surface area contributed by atoms with Crippen molar-refractivity contribution in [3.8, 4) is 11.5 Å². The second kappa shape index (κ2) is 6.78. The van der Waals surface area contributed by atoms with E-state index in [1.54, 1.807) is 20.3 Å². The zero-order chi connectivity index (χ0) is 14.5. The standard InChI is InChI=1S/C17H24O3/c1-4-12-6-5-7-13(8-12)17(18)14-9-15(19-2)11-16(10-14)20-3/h9-13H,4-8H2,1-3H3. The molecule has 0 bridgehead atoms. The van der Waals surface area contributed by atoms with Crippen LogP contribution < -0.4 is 9.47 Å². The molecule has 20 heavy (non-hydrogen) atoms. The summed E-state index contributed by atoms with van der Waals surface area (Å²) >= 11 is 0. The number of ether oxygens (including phenoxy) is 2. The summed E-state index contributed by atoms with van der Waals surface area (Å²) in [4.78, 5) is 12.7. The fourth-order valence-electron chi connectivity index (χ4n) is 3.09. The molecule has 1 aliphatic carbocycles. The Labute approximate surface area is 121 Å². The summed E-state index contributed by atoms with van der Waals surface area (Å²) < 4.78 is 10.5. The number of benzene rings is 1. The predicted octanol–water partition coefficient (Wildman–Crippen LogP) is 4.10. The first-order chi connectivity index (χ1) is 9.67. The van der Waals surface area contributed by atoms with Crippen molar-refractivity contribution in [2.45, 2.75) is 39.0 Å². The van der Waals surface area contributed by atoms with E-state index in [0.29, 0.717) is 23.0 Å². The molecule has 0 N–H and O–H groups in total. The molecule has 1 aromatic carbocycles. The maximum atomic E-state index is 12.7. The van der Waals surface area contributed by atoms with Gasteiger partial charge in [0.15, 0.2) is 5.78 Å². The number of rotatable bonds is 5. The highest BCUT2D eigenvalue weighted by Crippen LogP contribution is 2.34. The largest absolute Gasteiger partial charge is 0.497 e. The van der Waals surface area contributed by atoms with E-state index >= 15 is 0 Å². The van der Waals surface area contributed by atoms with Crippen LogP contribution in [0.1, 0.15) is 49.4 Å². The number of hydrogen-bond donors (Lipinski definition) is 0. The van der Waals surface area contributed by atoms with Gasteiger partial charge >= 0.3 is 0 Å². The van der Waals surface area contributed by atoms with Crippen LogP contribution in [0.2, 0.25) is 0 Å². The first-order valence-electron chi connectivity index (χ1n) is 7.45. The molecule has 3 heteroatoms. The molecular weight excluding hydrogens is 252 g/mol. The minimum atomic E-state index is 0.158. The third kappa shape index (κ3) is 3.33. The predicted molar refractivity (Wildman–Crippen MR) is 79.6 cm³/mol. The monoisotopic (exact) mass is 276 g/mol. The van der Waals surface area contributed by atoms with Crippen LogP contribution in [0.4, 0.5) is 0 Å². The van der Waals surface area contributed by atoms with Gasteiger partial charge in [0.25, 0.3) is 0 Å². The third-order valence-electron chi connectivity index (χ3n) is 4.37. The molecule has 2 rings (SSSR count). The molecule has 0 radical (unpaired) electrons. The summed E-state index contributed by atoms with van der Waals surface area (Å²) in [5.41, 5.74) is 0.711. The van der Waals surface area contributed by atoms with Crippen LogP contribution >= 0.6 is 0 Å². The second-order valence-corrected chi connectivity index (χ2v) is 5.60. The van der Waals surface area contributed by atoms with Crippen LogP contribution in [-0.4, -0.2) is 20.0 Å². The maximum Gasteiger partial charge on any atom is 0.166 e. The molecule has 0 heterocycles. The average molecular weight is 276 g/mol. The van der Waals surface area contributed by atoms with Crippen molar-refractivity contribution >= 4 is 5.78 Å². The lowest BCUT2D eigenvalue weighted by atomic mass is 9.77. The number of hydrogen-bond acceptors (Lipinski definition) is 3. The van der Waals surface area contributed by atoms with Crippen molar-refractivity contribution in [2.75, 3.05) is 14.2 Å². The number of carbonyl (C=O) groups is 1. The Hall–Kier alpha value is -1.51. The number of Topliss-reactive ketones (excluding diaryl/α,β-unsaturated/α-hetero) is 1. The highest BCUT2D eigenvalue weighted by Gasteiger charge is 2.27. The zero-order valence-electron chi connectivity index (χ0n) is 12.6. The summed E-state index contributed by atoms with van der Waals surface area (Å²) in [6, 6.07) is 5.44. The number of ketones is 1. The van der Waals surface area contributed by atoms with E-state index in [0.717, 1.165) is 19.3 Å². The van der Waals surface area contributed by atoms with E-state index in [2.05, 4.69) is 6.92 Å². The van der Waals surface area contributed by atoms with Gasteiger partial charge in [0, 0.05) is 17.5 Å². The van der Waals surface area contributed by atoms with Gasteiger partial charge in [0.1, 0.15) is 11.5 Å². The van der Waals surface area contributed by atoms with Gasteiger partial charge in [-0.15, -0.1) is 0 Å². The highest BCUT2D eigenvalue weighted by atomic mass is 16.5. The fourth-order valence-corrected chi connectivity index (χ4v) is 3.09. The molecule has 0 spiro atoms. The first-order valence-corrected chi connectivity index (χ1v) is 7.45. The van der Waals surface area contributed by atoms with Crippen LogP contribution in [-0.2, 0) is 0 Å². The summed E-state index contributed by atoms with van der Waals surface area (Å²) in [5.74, 6) is 2.45. The molecular formula is C17H24O3. The first kappa shape index (κ1) is 14.9. The van der Waals surface area contributed by atoms with Gasteiger partial charge < -0.3 is 9.47 Å². The van der Waals surface area contributed by atoms with Gasteiger partial charge in [-0.3, -0.25) is 4.79 Å². The Morgan fingerprint density at radius 3 is 2.35 bits per heavy atom. The molecule has 2 atom stereocenters. The van der Waals surface area contributed by atoms with Gasteiger partial charge in [0.2, 0.25) is 0 Å². The molecule has 1 aromatic rings. The lowest BCUT2D eigenvalue weighted by molar-refractivity contribution is 0.0861. The van der Waals surface area contributed by atoms with Crippen LogP contribution in [0.25, 0.3) is 0 Å². The zero-order valence-corrected chi connectivity index (χ0v) is 12.6. The van der Waals surface area contributed by atoms with Crippen molar-refractivity contribution in [3.63, 3.8) is 0 Å². The maximum absolute atomic E-state index is 12.7. The van der Waals surface area contributed by atoms with Crippen molar-refractivity contribution in [1.82, 2.24) is 0 Å². The SMILES string of the molecule is CCC1CCCC(C(=O)c2cc(OC)cc(OC)c2)C1. The molecule has 0 saturated heterocycles. The van der Waals surface area contributed by atoms with Crippen molar-refractivity contribution in [2.24, 2.45) is 11.8 Å². The quantitative estimate of drug-likeness (QED) is 0.759. The molecule has 0 aliphatic heterocycles. The van der Waals surface area contributed by atoms with E-state index in [4.69, 9.17) is 9.47 Å². The van der Waals surface area contributed by atoms with Gasteiger partial charge in [0.05, 0.1) is 14.2 Å². The summed E-state index contributed by atoms with van der Waals surface area (Å²) in [6.45, 7) is 2.21. The topological polar surface area (TPSA) is 35.5 Å². The van der Waals surface area contributed by atoms with Crippen molar-refractivity contribution in [1.29, 1.82) is 0 Å². The van der Waals surface area contributed by atoms with E-state index in [1.165, 1.54) is 12.8 Å². The molecule has 3 nitrogen and oxygen atoms in total. The molecule has 0 aromatic heterocycles. The van der Waals surface area contributed by atoms with Crippen molar-refractivity contribution in [3.05, 3.63) is 23.8 Å². The average Bonchev–Trinajstić information content (AvgIpc) is 2.53. The Kier molecular flexibility index (Phi) is 5.05. The Morgan fingerprint density at radius 2 is 1.80 bits per heavy atom. The summed E-state index contributed by atoms with van der Waals surface area (Å²) in [6.07, 6.45) is 5.63. The lowest BCUT2D eigenvalue weighted by Crippen LogP contribution is -2.22. The van der Waals surface area contributed by atoms with Crippen LogP contribution in [0.5, 0.6) is 11.5 Å². The van der Waals surface area contributed by atoms with Crippen LogP contribution in [0.15, 0.2) is 18.2 Å². The van der Waals surface area contributed by atoms with Crippen LogP contribution in [0, 0.1) is 11.8 Å². The Morgan fingerprint density at radius 1 is 1.15 bits per heavy atom. The van der Waals surface area contributed by atoms with E-state index < -0.39 is 0 Å². The highest BCUT2D eigenvalue weighted by molar-refractivity contribution is 5.98. The third-order valence-corrected chi connectivity index (χ3v) is 4.37. The second-order valence-electron chi connectivity index (χ2n) is 5.60. The fraction of sp³-hybridized carbons (Fsp3) is 0.588. The Balaban J connectivity index is 2.19. The molecule has 110 valence electrons. The minimum absolute atomic E-state index is 0.158.